The van der Waals surface area contributed by atoms with E-state index in [1.807, 2.05) is 42.5 Å². The van der Waals surface area contributed by atoms with Crippen molar-refractivity contribution in [3.05, 3.63) is 117 Å². The van der Waals surface area contributed by atoms with E-state index in [0.717, 1.165) is 27.8 Å². The molecular formula is C31H28Cl2N4O2. The number of urea groups is 1. The van der Waals surface area contributed by atoms with Crippen LogP contribution in [0.25, 0.3) is 11.1 Å². The molecule has 0 aromatic heterocycles. The molecule has 4 N–H and O–H groups in total. The van der Waals surface area contributed by atoms with Gasteiger partial charge < -0.3 is 21.3 Å². The first kappa shape index (κ1) is 26.8. The van der Waals surface area contributed by atoms with Crippen molar-refractivity contribution in [3.63, 3.8) is 0 Å². The number of halogens is 2. The van der Waals surface area contributed by atoms with Crippen LogP contribution in [-0.4, -0.2) is 22.9 Å². The van der Waals surface area contributed by atoms with E-state index in [9.17, 15) is 9.59 Å². The topological polar surface area (TPSA) is 87.5 Å². The third-order valence-electron chi connectivity index (χ3n) is 6.80. The predicted octanol–water partition coefficient (Wildman–Crippen LogP) is 7.03. The summed E-state index contributed by atoms with van der Waals surface area (Å²) < 4.78 is 0. The highest BCUT2D eigenvalue weighted by Crippen LogP contribution is 2.28. The van der Waals surface area contributed by atoms with Gasteiger partial charge in [0.25, 0.3) is 0 Å². The number of nitrogens with zero attached hydrogens (tertiary/aromatic N) is 1. The maximum Gasteiger partial charge on any atom is 0.323 e. The monoisotopic (exact) mass is 558 g/mol. The molecule has 1 atom stereocenters. The van der Waals surface area contributed by atoms with E-state index in [0.29, 0.717) is 40.9 Å². The highest BCUT2D eigenvalue weighted by molar-refractivity contribution is 6.35. The number of benzene rings is 4. The largest absolute Gasteiger partial charge is 0.333 e. The molecule has 3 amide bonds. The number of rotatable bonds is 6. The summed E-state index contributed by atoms with van der Waals surface area (Å²) in [5.74, 6) is -0.154. The lowest BCUT2D eigenvalue weighted by molar-refractivity contribution is -0.133. The number of hydrogen-bond donors (Lipinski definition) is 3. The van der Waals surface area contributed by atoms with Crippen molar-refractivity contribution in [3.8, 4) is 11.1 Å². The fourth-order valence-electron chi connectivity index (χ4n) is 4.66. The van der Waals surface area contributed by atoms with Crippen molar-refractivity contribution in [1.29, 1.82) is 0 Å². The Balaban J connectivity index is 1.17. The molecular weight excluding hydrogens is 531 g/mol. The molecule has 198 valence electrons. The third-order valence-corrected chi connectivity index (χ3v) is 7.38. The van der Waals surface area contributed by atoms with Crippen molar-refractivity contribution in [2.75, 3.05) is 10.6 Å². The van der Waals surface area contributed by atoms with Gasteiger partial charge in [0.15, 0.2) is 0 Å². The molecule has 0 radical (unpaired) electrons. The van der Waals surface area contributed by atoms with E-state index in [4.69, 9.17) is 28.9 Å². The van der Waals surface area contributed by atoms with Crippen LogP contribution in [0.4, 0.5) is 16.2 Å². The molecule has 6 nitrogen and oxygen atoms in total. The SMILES string of the molecule is Cc1ccc(-c2ccc(NC(=O)Nc3ccc4c(c3)CN(C(=O)[C@H](N)Cc3ccc(Cl)cc3Cl)C4)cc2)cc1. The number of carbonyl (C=O) groups is 2. The van der Waals surface area contributed by atoms with Crippen LogP contribution in [0.3, 0.4) is 0 Å². The van der Waals surface area contributed by atoms with Crippen LogP contribution in [0, 0.1) is 6.92 Å². The van der Waals surface area contributed by atoms with Gasteiger partial charge in [-0.05, 0) is 77.6 Å². The van der Waals surface area contributed by atoms with Gasteiger partial charge >= 0.3 is 6.03 Å². The van der Waals surface area contributed by atoms with Gasteiger partial charge in [-0.3, -0.25) is 4.79 Å². The Morgan fingerprint density at radius 3 is 2.13 bits per heavy atom. The summed E-state index contributed by atoms with van der Waals surface area (Å²) in [5.41, 5.74) is 13.8. The van der Waals surface area contributed by atoms with Crippen molar-refractivity contribution < 1.29 is 9.59 Å². The van der Waals surface area contributed by atoms with Crippen LogP contribution in [0.15, 0.2) is 84.9 Å². The minimum atomic E-state index is -0.723. The molecule has 0 unspecified atom stereocenters. The summed E-state index contributed by atoms with van der Waals surface area (Å²) in [7, 11) is 0. The van der Waals surface area contributed by atoms with Gasteiger partial charge in [-0.25, -0.2) is 4.79 Å². The number of aryl methyl sites for hydroxylation is 1. The van der Waals surface area contributed by atoms with Gasteiger partial charge in [-0.2, -0.15) is 0 Å². The quantitative estimate of drug-likeness (QED) is 0.237. The first-order valence-corrected chi connectivity index (χ1v) is 13.4. The molecule has 0 spiro atoms. The number of hydrogen-bond acceptors (Lipinski definition) is 3. The predicted molar refractivity (Wildman–Crippen MR) is 158 cm³/mol. The van der Waals surface area contributed by atoms with Crippen molar-refractivity contribution in [2.24, 2.45) is 5.73 Å². The summed E-state index contributed by atoms with van der Waals surface area (Å²) in [5, 5.41) is 6.78. The van der Waals surface area contributed by atoms with Crippen molar-refractivity contribution in [1.82, 2.24) is 4.90 Å². The van der Waals surface area contributed by atoms with Crippen LogP contribution < -0.4 is 16.4 Å². The molecule has 4 aromatic rings. The Hall–Kier alpha value is -3.84. The molecule has 0 fully saturated rings. The fraction of sp³-hybridized carbons (Fsp3) is 0.161. The molecule has 8 heteroatoms. The Morgan fingerprint density at radius 2 is 1.44 bits per heavy atom. The summed E-state index contributed by atoms with van der Waals surface area (Å²) in [4.78, 5) is 27.4. The average Bonchev–Trinajstić information content (AvgIpc) is 3.34. The molecule has 39 heavy (non-hydrogen) atoms. The summed E-state index contributed by atoms with van der Waals surface area (Å²) in [6, 6.07) is 25.8. The molecule has 5 rings (SSSR count). The van der Waals surface area contributed by atoms with Crippen LogP contribution in [0.5, 0.6) is 0 Å². The molecule has 1 heterocycles. The van der Waals surface area contributed by atoms with E-state index >= 15 is 0 Å². The van der Waals surface area contributed by atoms with Crippen molar-refractivity contribution in [2.45, 2.75) is 32.5 Å². The molecule has 0 aliphatic carbocycles. The van der Waals surface area contributed by atoms with Crippen molar-refractivity contribution >= 4 is 46.5 Å². The van der Waals surface area contributed by atoms with Gasteiger partial charge in [0, 0.05) is 34.5 Å². The average molecular weight is 559 g/mol. The Bertz CT molecular complexity index is 1520. The standard InChI is InChI=1S/C31H28Cl2N4O2/c1-19-2-4-20(5-3-19)21-7-11-26(12-8-21)35-31(39)36-27-13-9-23-17-37(18-24(23)14-27)30(38)29(34)15-22-6-10-25(32)16-28(22)33/h2-14,16,29H,15,17-18,34H2,1H3,(H2,35,36,39)/t29-/m1/s1. The van der Waals surface area contributed by atoms with Crippen LogP contribution in [-0.2, 0) is 24.3 Å². The van der Waals surface area contributed by atoms with Crippen LogP contribution >= 0.6 is 23.2 Å². The summed E-state index contributed by atoms with van der Waals surface area (Å²) in [6.07, 6.45) is 0.320. The minimum absolute atomic E-state index is 0.154. The van der Waals surface area contributed by atoms with E-state index in [-0.39, 0.29) is 11.9 Å². The van der Waals surface area contributed by atoms with E-state index in [1.165, 1.54) is 5.56 Å². The minimum Gasteiger partial charge on any atom is -0.333 e. The fourth-order valence-corrected chi connectivity index (χ4v) is 5.15. The zero-order chi connectivity index (χ0) is 27.5. The van der Waals surface area contributed by atoms with Crippen LogP contribution in [0.1, 0.15) is 22.3 Å². The maximum atomic E-state index is 13.0. The van der Waals surface area contributed by atoms with Gasteiger partial charge in [0.2, 0.25) is 5.91 Å². The first-order valence-electron chi connectivity index (χ1n) is 12.6. The third kappa shape index (κ3) is 6.42. The molecule has 4 aromatic carbocycles. The summed E-state index contributed by atoms with van der Waals surface area (Å²) >= 11 is 12.2. The van der Waals surface area contributed by atoms with E-state index < -0.39 is 6.04 Å². The zero-order valence-electron chi connectivity index (χ0n) is 21.4. The lowest BCUT2D eigenvalue weighted by Gasteiger charge is -2.20. The zero-order valence-corrected chi connectivity index (χ0v) is 22.9. The highest BCUT2D eigenvalue weighted by Gasteiger charge is 2.28. The summed E-state index contributed by atoms with van der Waals surface area (Å²) in [6.45, 7) is 2.95. The lowest BCUT2D eigenvalue weighted by atomic mass is 10.0. The van der Waals surface area contributed by atoms with Gasteiger partial charge in [0.05, 0.1) is 6.04 Å². The highest BCUT2D eigenvalue weighted by atomic mass is 35.5. The number of amides is 3. The second-order valence-corrected chi connectivity index (χ2v) is 10.6. The first-order chi connectivity index (χ1) is 18.7. The number of fused-ring (bicyclic) bond motifs is 1. The number of carbonyl (C=O) groups excluding carboxylic acids is 2. The smallest absolute Gasteiger partial charge is 0.323 e. The molecule has 1 aliphatic rings. The van der Waals surface area contributed by atoms with E-state index in [2.05, 4.69) is 41.8 Å². The number of nitrogens with one attached hydrogen (secondary N) is 2. The molecule has 0 saturated heterocycles. The number of nitrogens with two attached hydrogens (primary N) is 1. The van der Waals surface area contributed by atoms with Gasteiger partial charge in [-0.15, -0.1) is 0 Å². The molecule has 0 bridgehead atoms. The second-order valence-electron chi connectivity index (χ2n) is 9.75. The van der Waals surface area contributed by atoms with Gasteiger partial charge in [-0.1, -0.05) is 77.3 Å². The Kier molecular flexibility index (Phi) is 7.89. The van der Waals surface area contributed by atoms with Gasteiger partial charge in [0.1, 0.15) is 0 Å². The Morgan fingerprint density at radius 1 is 0.821 bits per heavy atom. The van der Waals surface area contributed by atoms with Crippen LogP contribution in [0.2, 0.25) is 10.0 Å². The molecule has 1 aliphatic heterocycles. The van der Waals surface area contributed by atoms with E-state index in [1.54, 1.807) is 23.1 Å². The second kappa shape index (κ2) is 11.5. The normalized spacial score (nSPS) is 13.1. The maximum absolute atomic E-state index is 13.0. The number of anilines is 2. The Labute approximate surface area is 237 Å². The lowest BCUT2D eigenvalue weighted by Crippen LogP contribution is -2.42. The molecule has 0 saturated carbocycles.